The van der Waals surface area contributed by atoms with Gasteiger partial charge in [-0.3, -0.25) is 14.3 Å². The Morgan fingerprint density at radius 1 is 1.15 bits per heavy atom. The van der Waals surface area contributed by atoms with E-state index in [4.69, 9.17) is 5.11 Å². The largest absolute Gasteiger partial charge is 0.477 e. The Labute approximate surface area is 113 Å². The standard InChI is InChI=1S/C13H9N3O4/c1-15-10(9(6-14-15)13(19)20)16-11(17)7-4-2-3-5-8(7)12(16)18/h2-6H,1H3,(H,19,20). The molecule has 2 aromatic rings. The second-order valence-corrected chi connectivity index (χ2v) is 4.30. The lowest BCUT2D eigenvalue weighted by Gasteiger charge is -2.14. The maximum absolute atomic E-state index is 12.3. The lowest BCUT2D eigenvalue weighted by molar-refractivity contribution is 0.0698. The van der Waals surface area contributed by atoms with Crippen LogP contribution in [-0.2, 0) is 7.05 Å². The minimum absolute atomic E-state index is 0.0382. The molecule has 1 aliphatic rings. The molecule has 1 aliphatic heterocycles. The lowest BCUT2D eigenvalue weighted by atomic mass is 10.1. The molecule has 20 heavy (non-hydrogen) atoms. The van der Waals surface area contributed by atoms with E-state index in [1.165, 1.54) is 23.9 Å². The summed E-state index contributed by atoms with van der Waals surface area (Å²) in [5.74, 6) is -2.37. The van der Waals surface area contributed by atoms with Crippen LogP contribution in [0.25, 0.3) is 0 Å². The first-order chi connectivity index (χ1) is 9.52. The first kappa shape index (κ1) is 12.1. The summed E-state index contributed by atoms with van der Waals surface area (Å²) in [5.41, 5.74) is 0.326. The SMILES string of the molecule is Cn1ncc(C(=O)O)c1N1C(=O)c2ccccc2C1=O. The molecular weight excluding hydrogens is 262 g/mol. The average molecular weight is 271 g/mol. The van der Waals surface area contributed by atoms with Gasteiger partial charge >= 0.3 is 5.97 Å². The van der Waals surface area contributed by atoms with Crippen LogP contribution in [0.5, 0.6) is 0 Å². The Morgan fingerprint density at radius 2 is 1.70 bits per heavy atom. The third-order valence-corrected chi connectivity index (χ3v) is 3.14. The smallest absolute Gasteiger partial charge is 0.341 e. The molecule has 7 heteroatoms. The van der Waals surface area contributed by atoms with Crippen LogP contribution < -0.4 is 4.90 Å². The number of carboxylic acids is 1. The quantitative estimate of drug-likeness (QED) is 0.820. The molecule has 0 saturated heterocycles. The first-order valence-corrected chi connectivity index (χ1v) is 5.75. The van der Waals surface area contributed by atoms with Gasteiger partial charge in [-0.25, -0.2) is 9.69 Å². The van der Waals surface area contributed by atoms with Gasteiger partial charge in [0.2, 0.25) is 0 Å². The Kier molecular flexibility index (Phi) is 2.43. The Hall–Kier alpha value is -2.96. The van der Waals surface area contributed by atoms with E-state index in [2.05, 4.69) is 5.10 Å². The fraction of sp³-hybridized carbons (Fsp3) is 0.0769. The molecule has 0 aliphatic carbocycles. The highest BCUT2D eigenvalue weighted by molar-refractivity contribution is 6.35. The second-order valence-electron chi connectivity index (χ2n) is 4.30. The predicted molar refractivity (Wildman–Crippen MR) is 67.7 cm³/mol. The maximum atomic E-state index is 12.3. The number of carboxylic acid groups (broad SMARTS) is 1. The number of aromatic nitrogens is 2. The van der Waals surface area contributed by atoms with Gasteiger partial charge in [-0.2, -0.15) is 5.10 Å². The monoisotopic (exact) mass is 271 g/mol. The topological polar surface area (TPSA) is 92.5 Å². The van der Waals surface area contributed by atoms with Crippen molar-refractivity contribution in [2.75, 3.05) is 4.90 Å². The van der Waals surface area contributed by atoms with Crippen LogP contribution in [0.15, 0.2) is 30.5 Å². The van der Waals surface area contributed by atoms with Crippen LogP contribution in [0.2, 0.25) is 0 Å². The minimum Gasteiger partial charge on any atom is -0.477 e. The van der Waals surface area contributed by atoms with Gasteiger partial charge in [-0.15, -0.1) is 0 Å². The van der Waals surface area contributed by atoms with Crippen LogP contribution >= 0.6 is 0 Å². The highest BCUT2D eigenvalue weighted by Gasteiger charge is 2.40. The van der Waals surface area contributed by atoms with E-state index in [0.29, 0.717) is 0 Å². The summed E-state index contributed by atoms with van der Waals surface area (Å²) in [6.45, 7) is 0. The van der Waals surface area contributed by atoms with Crippen molar-refractivity contribution in [3.8, 4) is 0 Å². The van der Waals surface area contributed by atoms with Crippen LogP contribution in [0.3, 0.4) is 0 Å². The second kappa shape index (κ2) is 4.02. The number of fused-ring (bicyclic) bond motifs is 1. The number of nitrogens with zero attached hydrogens (tertiary/aromatic N) is 3. The first-order valence-electron chi connectivity index (χ1n) is 5.75. The molecular formula is C13H9N3O4. The summed E-state index contributed by atoms with van der Waals surface area (Å²) in [6.07, 6.45) is 1.11. The number of benzene rings is 1. The summed E-state index contributed by atoms with van der Waals surface area (Å²) in [7, 11) is 1.48. The minimum atomic E-state index is -1.25. The molecule has 1 aromatic carbocycles. The maximum Gasteiger partial charge on any atom is 0.341 e. The van der Waals surface area contributed by atoms with Crippen LogP contribution in [-0.4, -0.2) is 32.7 Å². The van der Waals surface area contributed by atoms with Crippen LogP contribution in [0, 0.1) is 0 Å². The molecule has 0 radical (unpaired) electrons. The Bertz CT molecular complexity index is 728. The van der Waals surface area contributed by atoms with Gasteiger partial charge < -0.3 is 5.11 Å². The number of aryl methyl sites for hydroxylation is 1. The molecule has 0 spiro atoms. The fourth-order valence-electron chi connectivity index (χ4n) is 2.23. The van der Waals surface area contributed by atoms with Crippen molar-refractivity contribution in [3.63, 3.8) is 0 Å². The fourth-order valence-corrected chi connectivity index (χ4v) is 2.23. The number of carbonyl (C=O) groups excluding carboxylic acids is 2. The summed E-state index contributed by atoms with van der Waals surface area (Å²) < 4.78 is 1.20. The summed E-state index contributed by atoms with van der Waals surface area (Å²) in [4.78, 5) is 36.6. The molecule has 100 valence electrons. The highest BCUT2D eigenvalue weighted by atomic mass is 16.4. The van der Waals surface area contributed by atoms with Gasteiger partial charge in [0.15, 0.2) is 5.82 Å². The summed E-state index contributed by atoms with van der Waals surface area (Å²) in [6, 6.07) is 6.36. The van der Waals surface area contributed by atoms with Crippen molar-refractivity contribution in [2.24, 2.45) is 7.05 Å². The van der Waals surface area contributed by atoms with E-state index in [9.17, 15) is 14.4 Å². The molecule has 7 nitrogen and oxygen atoms in total. The van der Waals surface area contributed by atoms with Gasteiger partial charge in [0.1, 0.15) is 5.56 Å². The average Bonchev–Trinajstić information content (AvgIpc) is 2.91. The summed E-state index contributed by atoms with van der Waals surface area (Å²) >= 11 is 0. The van der Waals surface area contributed by atoms with Gasteiger partial charge in [-0.05, 0) is 12.1 Å². The number of hydrogen-bond donors (Lipinski definition) is 1. The number of imide groups is 1. The molecule has 1 N–H and O–H groups in total. The molecule has 0 unspecified atom stereocenters. The van der Waals surface area contributed by atoms with Crippen LogP contribution in [0.4, 0.5) is 5.82 Å². The van der Waals surface area contributed by atoms with E-state index in [1.54, 1.807) is 12.1 Å². The van der Waals surface area contributed by atoms with Gasteiger partial charge in [0.25, 0.3) is 11.8 Å². The summed E-state index contributed by atoms with van der Waals surface area (Å²) in [5, 5.41) is 12.9. The van der Waals surface area contributed by atoms with Crippen molar-refractivity contribution >= 4 is 23.6 Å². The molecule has 0 bridgehead atoms. The third-order valence-electron chi connectivity index (χ3n) is 3.14. The molecule has 3 rings (SSSR count). The molecule has 1 aromatic heterocycles. The number of amides is 2. The van der Waals surface area contributed by atoms with Crippen molar-refractivity contribution in [3.05, 3.63) is 47.2 Å². The van der Waals surface area contributed by atoms with Gasteiger partial charge in [0, 0.05) is 7.05 Å². The van der Waals surface area contributed by atoms with Gasteiger partial charge in [-0.1, -0.05) is 12.1 Å². The van der Waals surface area contributed by atoms with E-state index in [-0.39, 0.29) is 22.5 Å². The van der Waals surface area contributed by atoms with Crippen molar-refractivity contribution in [1.82, 2.24) is 9.78 Å². The number of hydrogen-bond acceptors (Lipinski definition) is 4. The molecule has 0 saturated carbocycles. The van der Waals surface area contributed by atoms with E-state index >= 15 is 0 Å². The number of rotatable bonds is 2. The zero-order chi connectivity index (χ0) is 14.4. The number of anilines is 1. The Morgan fingerprint density at radius 3 is 2.20 bits per heavy atom. The van der Waals surface area contributed by atoms with Crippen LogP contribution in [0.1, 0.15) is 31.1 Å². The van der Waals surface area contributed by atoms with Crippen molar-refractivity contribution < 1.29 is 19.5 Å². The number of aromatic carboxylic acids is 1. The lowest BCUT2D eigenvalue weighted by Crippen LogP contribution is -2.32. The Balaban J connectivity index is 2.19. The molecule has 0 fully saturated rings. The van der Waals surface area contributed by atoms with E-state index in [0.717, 1.165) is 11.1 Å². The number of carbonyl (C=O) groups is 3. The van der Waals surface area contributed by atoms with E-state index < -0.39 is 17.8 Å². The zero-order valence-electron chi connectivity index (χ0n) is 10.4. The predicted octanol–water partition coefficient (Wildman–Crippen LogP) is 0.919. The zero-order valence-corrected chi connectivity index (χ0v) is 10.4. The normalized spacial score (nSPS) is 13.8. The highest BCUT2D eigenvalue weighted by Crippen LogP contribution is 2.30. The molecule has 2 amide bonds. The van der Waals surface area contributed by atoms with Gasteiger partial charge in [0.05, 0.1) is 17.3 Å². The molecule has 2 heterocycles. The van der Waals surface area contributed by atoms with Crippen molar-refractivity contribution in [1.29, 1.82) is 0 Å². The third kappa shape index (κ3) is 1.46. The molecule has 0 atom stereocenters. The van der Waals surface area contributed by atoms with E-state index in [1.807, 2.05) is 0 Å². The van der Waals surface area contributed by atoms with Crippen molar-refractivity contribution in [2.45, 2.75) is 0 Å².